The van der Waals surface area contributed by atoms with Crippen molar-refractivity contribution in [3.63, 3.8) is 0 Å². The van der Waals surface area contributed by atoms with E-state index < -0.39 is 6.04 Å². The Labute approximate surface area is 91.4 Å². The normalized spacial score (nSPS) is 14.1. The van der Waals surface area contributed by atoms with Gasteiger partial charge in [0, 0.05) is 6.42 Å². The maximum atomic E-state index is 11.4. The number of rotatable bonds is 6. The molecule has 0 saturated carbocycles. The van der Waals surface area contributed by atoms with Crippen LogP contribution in [0.2, 0.25) is 0 Å². The summed E-state index contributed by atoms with van der Waals surface area (Å²) in [6.45, 7) is 5.83. The van der Waals surface area contributed by atoms with Crippen LogP contribution >= 0.6 is 0 Å². The highest BCUT2D eigenvalue weighted by Gasteiger charge is 2.25. The third-order valence-corrected chi connectivity index (χ3v) is 2.46. The second-order valence-corrected chi connectivity index (χ2v) is 3.70. The van der Waals surface area contributed by atoms with Crippen molar-refractivity contribution in [3.05, 3.63) is 0 Å². The summed E-state index contributed by atoms with van der Waals surface area (Å²) in [4.78, 5) is 22.8. The third-order valence-electron chi connectivity index (χ3n) is 2.46. The molecular formula is C11H21NO3. The van der Waals surface area contributed by atoms with E-state index in [9.17, 15) is 9.59 Å². The molecule has 0 saturated heterocycles. The van der Waals surface area contributed by atoms with Gasteiger partial charge in [-0.05, 0) is 12.3 Å². The highest BCUT2D eigenvalue weighted by atomic mass is 16.5. The molecule has 4 nitrogen and oxygen atoms in total. The van der Waals surface area contributed by atoms with E-state index in [-0.39, 0.29) is 17.8 Å². The van der Waals surface area contributed by atoms with Crippen LogP contribution in [0.25, 0.3) is 0 Å². The fourth-order valence-corrected chi connectivity index (χ4v) is 1.27. The number of hydrogen-bond acceptors (Lipinski definition) is 3. The quantitative estimate of drug-likeness (QED) is 0.683. The van der Waals surface area contributed by atoms with E-state index in [0.717, 1.165) is 12.8 Å². The minimum Gasteiger partial charge on any atom is -0.467 e. The molecule has 0 bridgehead atoms. The Morgan fingerprint density at radius 1 is 1.33 bits per heavy atom. The van der Waals surface area contributed by atoms with Gasteiger partial charge in [-0.25, -0.2) is 4.79 Å². The van der Waals surface area contributed by atoms with Crippen LogP contribution in [-0.2, 0) is 14.3 Å². The minimum atomic E-state index is -0.515. The number of carbonyl (C=O) groups excluding carboxylic acids is 2. The van der Waals surface area contributed by atoms with Crippen molar-refractivity contribution in [1.29, 1.82) is 0 Å². The molecule has 15 heavy (non-hydrogen) atoms. The molecular weight excluding hydrogens is 194 g/mol. The number of esters is 1. The summed E-state index contributed by atoms with van der Waals surface area (Å²) < 4.78 is 4.66. The van der Waals surface area contributed by atoms with Gasteiger partial charge in [0.2, 0.25) is 5.91 Å². The first kappa shape index (κ1) is 13.9. The van der Waals surface area contributed by atoms with Gasteiger partial charge in [0.25, 0.3) is 0 Å². The van der Waals surface area contributed by atoms with Gasteiger partial charge in [0.05, 0.1) is 7.11 Å². The predicted molar refractivity (Wildman–Crippen MR) is 58.3 cm³/mol. The molecule has 0 aromatic carbocycles. The Balaban J connectivity index is 4.37. The van der Waals surface area contributed by atoms with Crippen LogP contribution in [0.4, 0.5) is 0 Å². The first-order valence-corrected chi connectivity index (χ1v) is 5.43. The highest BCUT2D eigenvalue weighted by Crippen LogP contribution is 2.09. The molecule has 4 heteroatoms. The maximum Gasteiger partial charge on any atom is 0.328 e. The Bertz CT molecular complexity index is 216. The zero-order valence-electron chi connectivity index (χ0n) is 10.0. The molecule has 0 aromatic heterocycles. The minimum absolute atomic E-state index is 0.0896. The molecule has 0 aliphatic rings. The number of carbonyl (C=O) groups is 2. The average molecular weight is 215 g/mol. The summed E-state index contributed by atoms with van der Waals surface area (Å²) in [7, 11) is 1.34. The number of hydrogen-bond donors (Lipinski definition) is 1. The molecule has 0 heterocycles. The van der Waals surface area contributed by atoms with E-state index in [1.165, 1.54) is 7.11 Å². The molecule has 1 amide bonds. The van der Waals surface area contributed by atoms with E-state index in [1.807, 2.05) is 20.8 Å². The number of nitrogens with one attached hydrogen (secondary N) is 1. The van der Waals surface area contributed by atoms with Crippen LogP contribution in [0.15, 0.2) is 0 Å². The fourth-order valence-electron chi connectivity index (χ4n) is 1.27. The van der Waals surface area contributed by atoms with Crippen LogP contribution in [0.1, 0.15) is 40.0 Å². The molecule has 2 unspecified atom stereocenters. The lowest BCUT2D eigenvalue weighted by Gasteiger charge is -2.21. The zero-order valence-corrected chi connectivity index (χ0v) is 10.0. The van der Waals surface area contributed by atoms with Crippen LogP contribution in [0.3, 0.4) is 0 Å². The molecule has 0 fully saturated rings. The van der Waals surface area contributed by atoms with Crippen molar-refractivity contribution < 1.29 is 14.3 Å². The second kappa shape index (κ2) is 7.26. The van der Waals surface area contributed by atoms with E-state index in [0.29, 0.717) is 6.42 Å². The van der Waals surface area contributed by atoms with Crippen LogP contribution < -0.4 is 5.32 Å². The van der Waals surface area contributed by atoms with Gasteiger partial charge >= 0.3 is 5.97 Å². The third kappa shape index (κ3) is 4.81. The second-order valence-electron chi connectivity index (χ2n) is 3.70. The molecule has 0 radical (unpaired) electrons. The summed E-state index contributed by atoms with van der Waals surface area (Å²) in [5.41, 5.74) is 0. The topological polar surface area (TPSA) is 55.4 Å². The average Bonchev–Trinajstić information content (AvgIpc) is 2.24. The summed E-state index contributed by atoms with van der Waals surface area (Å²) >= 11 is 0. The van der Waals surface area contributed by atoms with Crippen LogP contribution in [-0.4, -0.2) is 25.0 Å². The van der Waals surface area contributed by atoms with Gasteiger partial charge in [-0.2, -0.15) is 0 Å². The lowest BCUT2D eigenvalue weighted by molar-refractivity contribution is -0.146. The Morgan fingerprint density at radius 3 is 2.33 bits per heavy atom. The lowest BCUT2D eigenvalue weighted by atomic mass is 9.99. The lowest BCUT2D eigenvalue weighted by Crippen LogP contribution is -2.45. The van der Waals surface area contributed by atoms with E-state index in [1.54, 1.807) is 0 Å². The van der Waals surface area contributed by atoms with Crippen molar-refractivity contribution >= 4 is 11.9 Å². The van der Waals surface area contributed by atoms with Gasteiger partial charge < -0.3 is 10.1 Å². The Morgan fingerprint density at radius 2 is 1.93 bits per heavy atom. The van der Waals surface area contributed by atoms with Gasteiger partial charge in [0.15, 0.2) is 0 Å². The zero-order chi connectivity index (χ0) is 11.8. The number of ether oxygens (including phenoxy) is 1. The first-order chi connectivity index (χ1) is 7.06. The maximum absolute atomic E-state index is 11.4. The number of methoxy groups -OCH3 is 1. The smallest absolute Gasteiger partial charge is 0.328 e. The summed E-state index contributed by atoms with van der Waals surface area (Å²) in [5, 5.41) is 2.71. The van der Waals surface area contributed by atoms with Crippen molar-refractivity contribution in [2.45, 2.75) is 46.1 Å². The molecule has 0 aliphatic carbocycles. The van der Waals surface area contributed by atoms with Crippen molar-refractivity contribution in [3.8, 4) is 0 Å². The fraction of sp³-hybridized carbons (Fsp3) is 0.818. The monoisotopic (exact) mass is 215 g/mol. The largest absolute Gasteiger partial charge is 0.467 e. The first-order valence-electron chi connectivity index (χ1n) is 5.43. The van der Waals surface area contributed by atoms with Crippen molar-refractivity contribution in [2.75, 3.05) is 7.11 Å². The number of amides is 1. The predicted octanol–water partition coefficient (Wildman–Crippen LogP) is 1.49. The molecule has 1 N–H and O–H groups in total. The van der Waals surface area contributed by atoms with E-state index in [4.69, 9.17) is 0 Å². The summed E-state index contributed by atoms with van der Waals surface area (Å²) in [5.74, 6) is -0.361. The Hall–Kier alpha value is -1.06. The van der Waals surface area contributed by atoms with Crippen molar-refractivity contribution in [1.82, 2.24) is 5.32 Å². The van der Waals surface area contributed by atoms with Gasteiger partial charge in [-0.1, -0.05) is 27.2 Å². The summed E-state index contributed by atoms with van der Waals surface area (Å²) in [6, 6.07) is -0.515. The molecule has 0 aromatic rings. The van der Waals surface area contributed by atoms with Gasteiger partial charge in [-0.15, -0.1) is 0 Å². The van der Waals surface area contributed by atoms with Crippen LogP contribution in [0, 0.1) is 5.92 Å². The van der Waals surface area contributed by atoms with Gasteiger partial charge in [0.1, 0.15) is 6.04 Å². The molecule has 88 valence electrons. The highest BCUT2D eigenvalue weighted by molar-refractivity contribution is 5.84. The van der Waals surface area contributed by atoms with Gasteiger partial charge in [-0.3, -0.25) is 4.79 Å². The van der Waals surface area contributed by atoms with E-state index in [2.05, 4.69) is 10.1 Å². The SMILES string of the molecule is CCCC(=O)NC(C(=O)OC)C(C)CC. The molecule has 0 aliphatic heterocycles. The Kier molecular flexibility index (Phi) is 6.75. The molecule has 0 spiro atoms. The van der Waals surface area contributed by atoms with E-state index >= 15 is 0 Å². The van der Waals surface area contributed by atoms with Crippen molar-refractivity contribution in [2.24, 2.45) is 5.92 Å². The van der Waals surface area contributed by atoms with Crippen LogP contribution in [0.5, 0.6) is 0 Å². The standard InChI is InChI=1S/C11H21NO3/c1-5-7-9(13)12-10(8(3)6-2)11(14)15-4/h8,10H,5-7H2,1-4H3,(H,12,13). The summed E-state index contributed by atoms with van der Waals surface area (Å²) in [6.07, 6.45) is 2.05. The molecule has 2 atom stereocenters. The molecule has 0 rings (SSSR count).